The van der Waals surface area contributed by atoms with E-state index in [-0.39, 0.29) is 19.1 Å². The third-order valence-corrected chi connectivity index (χ3v) is 4.99. The summed E-state index contributed by atoms with van der Waals surface area (Å²) < 4.78 is 18.5. The molecule has 164 valence electrons. The average Bonchev–Trinajstić information content (AvgIpc) is 3.42. The van der Waals surface area contributed by atoms with Crippen LogP contribution in [0.3, 0.4) is 0 Å². The number of rotatable bonds is 8. The Bertz CT molecular complexity index is 1220. The number of hydrogen-bond acceptors (Lipinski definition) is 5. The summed E-state index contributed by atoms with van der Waals surface area (Å²) in [6, 6.07) is 15.8. The number of anilines is 1. The minimum absolute atomic E-state index is 0.149. The fourth-order valence-electron chi connectivity index (χ4n) is 2.91. The third kappa shape index (κ3) is 5.43. The van der Waals surface area contributed by atoms with Crippen LogP contribution in [0.5, 0.6) is 11.5 Å². The van der Waals surface area contributed by atoms with Gasteiger partial charge in [0.2, 0.25) is 0 Å². The Kier molecular flexibility index (Phi) is 6.68. The minimum Gasteiger partial charge on any atom is -0.484 e. The lowest BCUT2D eigenvalue weighted by atomic mass is 10.2. The van der Waals surface area contributed by atoms with Gasteiger partial charge in [-0.05, 0) is 48.9 Å². The molecule has 1 amide bonds. The van der Waals surface area contributed by atoms with Crippen LogP contribution in [0.4, 0.5) is 5.69 Å². The highest BCUT2D eigenvalue weighted by molar-refractivity contribution is 6.32. The second-order valence-electron chi connectivity index (χ2n) is 6.89. The van der Waals surface area contributed by atoms with Crippen molar-refractivity contribution in [2.24, 2.45) is 0 Å². The Labute approximate surface area is 194 Å². The molecule has 2 heterocycles. The summed E-state index contributed by atoms with van der Waals surface area (Å²) in [5.41, 5.74) is 1.42. The van der Waals surface area contributed by atoms with Crippen molar-refractivity contribution in [1.82, 2.24) is 9.78 Å². The molecule has 0 saturated carbocycles. The van der Waals surface area contributed by atoms with Crippen LogP contribution < -0.4 is 14.8 Å². The van der Waals surface area contributed by atoms with E-state index in [0.29, 0.717) is 33.0 Å². The summed E-state index contributed by atoms with van der Waals surface area (Å²) in [7, 11) is 0. The molecule has 0 aliphatic heterocycles. The molecule has 9 heteroatoms. The number of nitrogens with one attached hydrogen (secondary N) is 1. The van der Waals surface area contributed by atoms with Crippen LogP contribution in [0.1, 0.15) is 21.9 Å². The van der Waals surface area contributed by atoms with Gasteiger partial charge in [-0.25, -0.2) is 4.68 Å². The van der Waals surface area contributed by atoms with E-state index in [0.717, 1.165) is 5.56 Å². The Morgan fingerprint density at radius 3 is 2.78 bits per heavy atom. The van der Waals surface area contributed by atoms with Crippen LogP contribution in [0.2, 0.25) is 10.0 Å². The normalized spacial score (nSPS) is 10.7. The van der Waals surface area contributed by atoms with E-state index < -0.39 is 5.91 Å². The Balaban J connectivity index is 1.31. The van der Waals surface area contributed by atoms with Gasteiger partial charge in [-0.1, -0.05) is 41.4 Å². The van der Waals surface area contributed by atoms with Crippen LogP contribution in [0.25, 0.3) is 0 Å². The standard InChI is InChI=1S/C23H19Cl2N3O4/c1-15-4-2-7-20(25)22(15)30-13-19-8-9-21(32-19)23(29)27-17-11-26-28(12-17)14-31-18-6-3-5-16(24)10-18/h2-12H,13-14H2,1H3,(H,27,29). The predicted octanol–water partition coefficient (Wildman–Crippen LogP) is 5.96. The summed E-state index contributed by atoms with van der Waals surface area (Å²) in [5.74, 6) is 1.46. The molecule has 0 unspecified atom stereocenters. The fourth-order valence-corrected chi connectivity index (χ4v) is 3.37. The summed E-state index contributed by atoms with van der Waals surface area (Å²) in [6.45, 7) is 2.22. The highest BCUT2D eigenvalue weighted by Gasteiger charge is 2.14. The molecule has 0 bridgehead atoms. The number of nitrogens with zero attached hydrogens (tertiary/aromatic N) is 2. The number of furan rings is 1. The van der Waals surface area contributed by atoms with Crippen LogP contribution >= 0.6 is 23.2 Å². The molecule has 0 aliphatic carbocycles. The first kappa shape index (κ1) is 21.8. The molecule has 2 aromatic heterocycles. The van der Waals surface area contributed by atoms with Crippen molar-refractivity contribution < 1.29 is 18.7 Å². The first-order valence-corrected chi connectivity index (χ1v) is 10.4. The molecule has 0 radical (unpaired) electrons. The topological polar surface area (TPSA) is 78.5 Å². The molecule has 4 aromatic rings. The lowest BCUT2D eigenvalue weighted by molar-refractivity contribution is 0.0992. The maximum absolute atomic E-state index is 12.5. The zero-order chi connectivity index (χ0) is 22.5. The SMILES string of the molecule is Cc1cccc(Cl)c1OCc1ccc(C(=O)Nc2cnn(COc3cccc(Cl)c3)c2)o1. The van der Waals surface area contributed by atoms with Gasteiger partial charge in [0.15, 0.2) is 12.5 Å². The van der Waals surface area contributed by atoms with Crippen LogP contribution in [0.15, 0.2) is 71.4 Å². The second-order valence-corrected chi connectivity index (χ2v) is 7.74. The maximum Gasteiger partial charge on any atom is 0.291 e. The van der Waals surface area contributed by atoms with Gasteiger partial charge in [0.05, 0.1) is 23.1 Å². The van der Waals surface area contributed by atoms with Crippen molar-refractivity contribution in [3.8, 4) is 11.5 Å². The first-order chi connectivity index (χ1) is 15.5. The number of ether oxygens (including phenoxy) is 2. The van der Waals surface area contributed by atoms with Gasteiger partial charge < -0.3 is 19.2 Å². The highest BCUT2D eigenvalue weighted by Crippen LogP contribution is 2.29. The average molecular weight is 472 g/mol. The number of para-hydroxylation sites is 1. The van der Waals surface area contributed by atoms with Crippen molar-refractivity contribution in [3.63, 3.8) is 0 Å². The third-order valence-electron chi connectivity index (χ3n) is 4.46. The predicted molar refractivity (Wildman–Crippen MR) is 121 cm³/mol. The van der Waals surface area contributed by atoms with Gasteiger partial charge in [0.25, 0.3) is 5.91 Å². The Morgan fingerprint density at radius 1 is 1.12 bits per heavy atom. The van der Waals surface area contributed by atoms with E-state index in [1.165, 1.54) is 6.20 Å². The van der Waals surface area contributed by atoms with Gasteiger partial charge >= 0.3 is 0 Å². The molecule has 7 nitrogen and oxygen atoms in total. The second kappa shape index (κ2) is 9.80. The Hall–Kier alpha value is -3.42. The zero-order valence-electron chi connectivity index (χ0n) is 17.0. The number of aromatic nitrogens is 2. The van der Waals surface area contributed by atoms with Gasteiger partial charge in [-0.3, -0.25) is 4.79 Å². The van der Waals surface area contributed by atoms with Gasteiger partial charge in [0, 0.05) is 5.02 Å². The number of aryl methyl sites for hydroxylation is 1. The lowest BCUT2D eigenvalue weighted by Crippen LogP contribution is -2.10. The molecule has 0 aliphatic rings. The van der Waals surface area contributed by atoms with Crippen LogP contribution in [-0.4, -0.2) is 15.7 Å². The maximum atomic E-state index is 12.5. The van der Waals surface area contributed by atoms with Gasteiger partial charge in [-0.2, -0.15) is 5.10 Å². The molecule has 4 rings (SSSR count). The van der Waals surface area contributed by atoms with E-state index in [1.54, 1.807) is 53.3 Å². The number of halogens is 2. The summed E-state index contributed by atoms with van der Waals surface area (Å²) in [4.78, 5) is 12.5. The van der Waals surface area contributed by atoms with Crippen molar-refractivity contribution in [2.75, 3.05) is 5.32 Å². The number of benzene rings is 2. The monoisotopic (exact) mass is 471 g/mol. The molecule has 1 N–H and O–H groups in total. The van der Waals surface area contributed by atoms with Crippen LogP contribution in [0, 0.1) is 6.92 Å². The molecular formula is C23H19Cl2N3O4. The number of hydrogen-bond donors (Lipinski definition) is 1. The molecule has 0 saturated heterocycles. The smallest absolute Gasteiger partial charge is 0.291 e. The number of carbonyl (C=O) groups is 1. The van der Waals surface area contributed by atoms with Crippen LogP contribution in [-0.2, 0) is 13.3 Å². The highest BCUT2D eigenvalue weighted by atomic mass is 35.5. The van der Waals surface area contributed by atoms with Gasteiger partial charge in [-0.15, -0.1) is 0 Å². The first-order valence-electron chi connectivity index (χ1n) is 9.67. The van der Waals surface area contributed by atoms with Gasteiger partial charge in [0.1, 0.15) is 23.9 Å². The molecule has 0 spiro atoms. The number of carbonyl (C=O) groups excluding carboxylic acids is 1. The quantitative estimate of drug-likeness (QED) is 0.343. The van der Waals surface area contributed by atoms with Crippen molar-refractivity contribution in [1.29, 1.82) is 0 Å². The van der Waals surface area contributed by atoms with E-state index in [1.807, 2.05) is 19.1 Å². The van der Waals surface area contributed by atoms with Crippen molar-refractivity contribution in [2.45, 2.75) is 20.3 Å². The summed E-state index contributed by atoms with van der Waals surface area (Å²) >= 11 is 12.1. The molecule has 2 aromatic carbocycles. The fraction of sp³-hybridized carbons (Fsp3) is 0.130. The molecule has 0 fully saturated rings. The largest absolute Gasteiger partial charge is 0.484 e. The summed E-state index contributed by atoms with van der Waals surface area (Å²) in [5, 5.41) is 8.01. The molecular weight excluding hydrogens is 453 g/mol. The van der Waals surface area contributed by atoms with E-state index in [2.05, 4.69) is 10.4 Å². The zero-order valence-corrected chi connectivity index (χ0v) is 18.6. The van der Waals surface area contributed by atoms with Crippen molar-refractivity contribution >= 4 is 34.8 Å². The summed E-state index contributed by atoms with van der Waals surface area (Å²) in [6.07, 6.45) is 3.17. The van der Waals surface area contributed by atoms with E-state index in [4.69, 9.17) is 37.1 Å². The molecule has 32 heavy (non-hydrogen) atoms. The lowest BCUT2D eigenvalue weighted by Gasteiger charge is -2.09. The minimum atomic E-state index is -0.402. The molecule has 0 atom stereocenters. The van der Waals surface area contributed by atoms with Crippen molar-refractivity contribution in [3.05, 3.63) is 94.1 Å². The van der Waals surface area contributed by atoms with E-state index in [9.17, 15) is 4.79 Å². The number of amides is 1. The van der Waals surface area contributed by atoms with E-state index >= 15 is 0 Å². The Morgan fingerprint density at radius 2 is 1.97 bits per heavy atom.